The lowest BCUT2D eigenvalue weighted by atomic mass is 10.2. The van der Waals surface area contributed by atoms with E-state index >= 15 is 0 Å². The van der Waals surface area contributed by atoms with Gasteiger partial charge in [-0.15, -0.1) is 0 Å². The Morgan fingerprint density at radius 3 is 3.00 bits per heavy atom. The van der Waals surface area contributed by atoms with Crippen LogP contribution in [0.4, 0.5) is 0 Å². The van der Waals surface area contributed by atoms with Crippen LogP contribution in [0.2, 0.25) is 0 Å². The van der Waals surface area contributed by atoms with Gasteiger partial charge in [0.1, 0.15) is 0 Å². The molecule has 60 valence electrons. The monoisotopic (exact) mass is 150 g/mol. The van der Waals surface area contributed by atoms with Crippen LogP contribution >= 0.6 is 0 Å². The minimum Gasteiger partial charge on any atom is -0.363 e. The number of H-pyrrole nitrogens is 1. The first-order valence-electron chi connectivity index (χ1n) is 3.99. The van der Waals surface area contributed by atoms with E-state index < -0.39 is 0 Å². The molecular weight excluding hydrogens is 136 g/mol. The zero-order valence-electron chi connectivity index (χ0n) is 7.04. The van der Waals surface area contributed by atoms with E-state index in [0.717, 1.165) is 6.42 Å². The molecule has 0 amide bonds. The highest BCUT2D eigenvalue weighted by molar-refractivity contribution is 5.53. The Morgan fingerprint density at radius 1 is 1.73 bits per heavy atom. The molecule has 2 nitrogen and oxygen atoms in total. The smallest absolute Gasteiger partial charge is 0.0890 e. The van der Waals surface area contributed by atoms with Gasteiger partial charge in [0.2, 0.25) is 0 Å². The van der Waals surface area contributed by atoms with Gasteiger partial charge in [-0.1, -0.05) is 6.92 Å². The van der Waals surface area contributed by atoms with Crippen LogP contribution in [-0.2, 0) is 0 Å². The van der Waals surface area contributed by atoms with Crippen LogP contribution in [0.3, 0.4) is 0 Å². The molecule has 0 aliphatic carbocycles. The summed E-state index contributed by atoms with van der Waals surface area (Å²) in [4.78, 5) is 7.49. The van der Waals surface area contributed by atoms with Gasteiger partial charge in [0.05, 0.1) is 6.04 Å². The van der Waals surface area contributed by atoms with Crippen molar-refractivity contribution in [3.63, 3.8) is 0 Å². The van der Waals surface area contributed by atoms with E-state index in [2.05, 4.69) is 23.0 Å². The summed E-state index contributed by atoms with van der Waals surface area (Å²) in [6.07, 6.45) is 4.84. The van der Waals surface area contributed by atoms with Crippen molar-refractivity contribution in [2.45, 2.75) is 26.3 Å². The molecule has 11 heavy (non-hydrogen) atoms. The number of nitrogens with zero attached hydrogens (tertiary/aromatic N) is 1. The summed E-state index contributed by atoms with van der Waals surface area (Å²) in [5, 5.41) is 0. The van der Waals surface area contributed by atoms with E-state index in [4.69, 9.17) is 0 Å². The molecule has 0 fully saturated rings. The molecule has 0 aliphatic heterocycles. The van der Waals surface area contributed by atoms with Crippen LogP contribution in [-0.4, -0.2) is 11.2 Å². The van der Waals surface area contributed by atoms with Crippen LogP contribution in [0.5, 0.6) is 0 Å². The minimum atomic E-state index is 0.315. The van der Waals surface area contributed by atoms with Crippen molar-refractivity contribution in [2.75, 3.05) is 0 Å². The normalized spacial score (nSPS) is 14.0. The molecular formula is C9H14N2. The highest BCUT2D eigenvalue weighted by Gasteiger charge is 2.04. The average Bonchev–Trinajstić information content (AvgIpc) is 2.52. The molecule has 0 aliphatic rings. The molecule has 0 saturated carbocycles. The predicted molar refractivity (Wildman–Crippen MR) is 48.0 cm³/mol. The van der Waals surface area contributed by atoms with Gasteiger partial charge in [0, 0.05) is 11.9 Å². The van der Waals surface area contributed by atoms with Crippen molar-refractivity contribution in [2.24, 2.45) is 4.99 Å². The fourth-order valence-electron chi connectivity index (χ4n) is 1.14. The number of hydrogen-bond donors (Lipinski definition) is 1. The van der Waals surface area contributed by atoms with Gasteiger partial charge in [-0.25, -0.2) is 0 Å². The zero-order valence-corrected chi connectivity index (χ0v) is 7.04. The van der Waals surface area contributed by atoms with Crippen LogP contribution in [0.15, 0.2) is 23.3 Å². The number of rotatable bonds is 3. The lowest BCUT2D eigenvalue weighted by Gasteiger charge is -2.05. The first-order chi connectivity index (χ1) is 5.38. The fraction of sp³-hybridized carbons (Fsp3) is 0.444. The van der Waals surface area contributed by atoms with E-state index in [1.54, 1.807) is 0 Å². The molecule has 1 aromatic rings. The Labute approximate surface area is 67.4 Å². The summed E-state index contributed by atoms with van der Waals surface area (Å²) in [5.74, 6) is 0. The lowest BCUT2D eigenvalue weighted by Crippen LogP contribution is -1.93. The Morgan fingerprint density at radius 2 is 2.55 bits per heavy atom. The first kappa shape index (κ1) is 8.05. The molecule has 0 bridgehead atoms. The van der Waals surface area contributed by atoms with Gasteiger partial charge in [0.25, 0.3) is 0 Å². The molecule has 0 aromatic carbocycles. The van der Waals surface area contributed by atoms with Gasteiger partial charge >= 0.3 is 0 Å². The second-order valence-corrected chi connectivity index (χ2v) is 2.46. The van der Waals surface area contributed by atoms with E-state index in [1.165, 1.54) is 5.69 Å². The second kappa shape index (κ2) is 3.96. The minimum absolute atomic E-state index is 0.315. The molecule has 2 heteroatoms. The molecule has 1 unspecified atom stereocenters. The van der Waals surface area contributed by atoms with Gasteiger partial charge in [-0.3, -0.25) is 4.99 Å². The number of aliphatic imine (C=N–C) groups is 1. The highest BCUT2D eigenvalue weighted by Crippen LogP contribution is 2.17. The third kappa shape index (κ3) is 1.93. The van der Waals surface area contributed by atoms with Gasteiger partial charge < -0.3 is 4.98 Å². The molecule has 1 rings (SSSR count). The van der Waals surface area contributed by atoms with Gasteiger partial charge in [-0.2, -0.15) is 0 Å². The van der Waals surface area contributed by atoms with E-state index in [9.17, 15) is 0 Å². The maximum absolute atomic E-state index is 4.33. The maximum atomic E-state index is 4.33. The van der Waals surface area contributed by atoms with Crippen molar-refractivity contribution >= 4 is 6.21 Å². The molecule has 0 radical (unpaired) electrons. The van der Waals surface area contributed by atoms with E-state index in [0.29, 0.717) is 6.04 Å². The van der Waals surface area contributed by atoms with Gasteiger partial charge in [0.15, 0.2) is 0 Å². The maximum Gasteiger partial charge on any atom is 0.0890 e. The molecule has 0 saturated heterocycles. The summed E-state index contributed by atoms with van der Waals surface area (Å²) in [6.45, 7) is 4.09. The number of hydrogen-bond acceptors (Lipinski definition) is 1. The Balaban J connectivity index is 2.71. The summed E-state index contributed by atoms with van der Waals surface area (Å²) in [6, 6.07) is 4.39. The Bertz CT molecular complexity index is 211. The van der Waals surface area contributed by atoms with Crippen molar-refractivity contribution in [1.29, 1.82) is 0 Å². The van der Waals surface area contributed by atoms with Crippen molar-refractivity contribution in [3.05, 3.63) is 24.0 Å². The van der Waals surface area contributed by atoms with Gasteiger partial charge in [-0.05, 0) is 31.7 Å². The average molecular weight is 150 g/mol. The summed E-state index contributed by atoms with van der Waals surface area (Å²) < 4.78 is 0. The molecule has 1 N–H and O–H groups in total. The van der Waals surface area contributed by atoms with Crippen LogP contribution in [0.25, 0.3) is 0 Å². The molecule has 1 heterocycles. The Kier molecular flexibility index (Phi) is 2.90. The third-order valence-electron chi connectivity index (χ3n) is 1.70. The van der Waals surface area contributed by atoms with Crippen LogP contribution < -0.4 is 0 Å². The molecule has 0 spiro atoms. The quantitative estimate of drug-likeness (QED) is 0.641. The summed E-state index contributed by atoms with van der Waals surface area (Å²) in [7, 11) is 0. The molecule has 1 atom stereocenters. The largest absolute Gasteiger partial charge is 0.363 e. The first-order valence-corrected chi connectivity index (χ1v) is 3.99. The van der Waals surface area contributed by atoms with Crippen molar-refractivity contribution in [3.8, 4) is 0 Å². The summed E-state index contributed by atoms with van der Waals surface area (Å²) >= 11 is 0. The lowest BCUT2D eigenvalue weighted by molar-refractivity contribution is 0.685. The van der Waals surface area contributed by atoms with E-state index in [1.807, 2.05) is 25.4 Å². The standard InChI is InChI=1S/C9H14N2/c1-3-8(10-4-2)9-6-5-7-11-9/h4-8,11H,3H2,1-2H3. The van der Waals surface area contributed by atoms with Crippen LogP contribution in [0, 0.1) is 0 Å². The SMILES string of the molecule is CC=NC(CC)c1ccc[nH]1. The fourth-order valence-corrected chi connectivity index (χ4v) is 1.14. The highest BCUT2D eigenvalue weighted by atomic mass is 14.8. The van der Waals surface area contributed by atoms with E-state index in [-0.39, 0.29) is 0 Å². The van der Waals surface area contributed by atoms with Crippen molar-refractivity contribution < 1.29 is 0 Å². The third-order valence-corrected chi connectivity index (χ3v) is 1.70. The van der Waals surface area contributed by atoms with Crippen molar-refractivity contribution in [1.82, 2.24) is 4.98 Å². The number of aromatic nitrogens is 1. The second-order valence-electron chi connectivity index (χ2n) is 2.46. The predicted octanol–water partition coefficient (Wildman–Crippen LogP) is 2.56. The number of nitrogens with one attached hydrogen (secondary N) is 1. The molecule has 1 aromatic heterocycles. The Hall–Kier alpha value is -1.05. The van der Waals surface area contributed by atoms with Crippen LogP contribution in [0.1, 0.15) is 32.0 Å². The number of aromatic amines is 1. The summed E-state index contributed by atoms with van der Waals surface area (Å²) in [5.41, 5.74) is 1.20. The topological polar surface area (TPSA) is 28.1 Å². The zero-order chi connectivity index (χ0) is 8.10.